The molecule has 30 heavy (non-hydrogen) atoms. The molecule has 2 N–H and O–H groups in total. The molecule has 0 radical (unpaired) electrons. The van der Waals surface area contributed by atoms with E-state index in [0.29, 0.717) is 22.1 Å². The van der Waals surface area contributed by atoms with Gasteiger partial charge in [-0.25, -0.2) is 4.98 Å². The van der Waals surface area contributed by atoms with Crippen molar-refractivity contribution >= 4 is 23.6 Å². The van der Waals surface area contributed by atoms with Crippen molar-refractivity contribution in [1.82, 2.24) is 20.5 Å². The minimum absolute atomic E-state index is 0.188. The summed E-state index contributed by atoms with van der Waals surface area (Å²) in [5.74, 6) is 1.20. The number of nitrogens with one attached hydrogen (secondary N) is 2. The van der Waals surface area contributed by atoms with E-state index >= 15 is 0 Å². The first-order valence-corrected chi connectivity index (χ1v) is 10.1. The number of benzene rings is 2. The van der Waals surface area contributed by atoms with Gasteiger partial charge in [0, 0.05) is 10.5 Å². The van der Waals surface area contributed by atoms with Gasteiger partial charge in [0.25, 0.3) is 5.91 Å². The highest BCUT2D eigenvalue weighted by molar-refractivity contribution is 8.00. The van der Waals surface area contributed by atoms with Crippen molar-refractivity contribution in [2.24, 2.45) is 0 Å². The number of amides is 1. The van der Waals surface area contributed by atoms with Crippen molar-refractivity contribution in [3.05, 3.63) is 59.9 Å². The summed E-state index contributed by atoms with van der Waals surface area (Å²) in [7, 11) is 2.95. The number of carbonyl (C=O) groups excluding carboxylic acids is 2. The molecule has 0 aliphatic heterocycles. The van der Waals surface area contributed by atoms with E-state index in [1.807, 2.05) is 30.3 Å². The number of carbonyl (C=O) groups is 2. The summed E-state index contributed by atoms with van der Waals surface area (Å²) in [5.41, 5.74) is 1.32. The van der Waals surface area contributed by atoms with Crippen molar-refractivity contribution in [2.75, 3.05) is 14.2 Å². The minimum Gasteiger partial charge on any atom is -0.497 e. The van der Waals surface area contributed by atoms with Crippen LogP contribution in [0.1, 0.15) is 23.1 Å². The Labute approximate surface area is 178 Å². The Hall–Kier alpha value is -3.33. The average Bonchev–Trinajstić information content (AvgIpc) is 3.26. The maximum absolute atomic E-state index is 12.7. The van der Waals surface area contributed by atoms with Gasteiger partial charge < -0.3 is 14.8 Å². The van der Waals surface area contributed by atoms with Gasteiger partial charge in [0.1, 0.15) is 16.8 Å². The van der Waals surface area contributed by atoms with Crippen molar-refractivity contribution in [1.29, 1.82) is 0 Å². The molecule has 9 heteroatoms. The van der Waals surface area contributed by atoms with Gasteiger partial charge >= 0.3 is 5.97 Å². The minimum atomic E-state index is -0.426. The Morgan fingerprint density at radius 3 is 2.57 bits per heavy atom. The number of aromatic amines is 1. The van der Waals surface area contributed by atoms with Gasteiger partial charge in [-0.15, -0.1) is 11.8 Å². The number of H-pyrrole nitrogens is 1. The third-order valence-corrected chi connectivity index (χ3v) is 5.42. The van der Waals surface area contributed by atoms with Crippen LogP contribution in [0.15, 0.2) is 53.4 Å². The molecule has 0 saturated heterocycles. The first-order valence-electron chi connectivity index (χ1n) is 9.19. The van der Waals surface area contributed by atoms with Crippen LogP contribution in [-0.4, -0.2) is 46.5 Å². The SMILES string of the molecule is COC(=O)C(C)Sc1ccccc1C(=O)NCc1nc(-c2ccc(OC)cc2)n[nH]1. The van der Waals surface area contributed by atoms with Crippen LogP contribution in [0.3, 0.4) is 0 Å². The van der Waals surface area contributed by atoms with E-state index in [9.17, 15) is 9.59 Å². The molecular weight excluding hydrogens is 404 g/mol. The molecule has 3 aromatic rings. The van der Waals surface area contributed by atoms with E-state index in [1.54, 1.807) is 32.2 Å². The Balaban J connectivity index is 1.65. The number of methoxy groups -OCH3 is 2. The molecule has 0 saturated carbocycles. The monoisotopic (exact) mass is 426 g/mol. The quantitative estimate of drug-likeness (QED) is 0.421. The van der Waals surface area contributed by atoms with E-state index in [1.165, 1.54) is 18.9 Å². The molecule has 3 rings (SSSR count). The van der Waals surface area contributed by atoms with Gasteiger partial charge in [-0.1, -0.05) is 12.1 Å². The van der Waals surface area contributed by atoms with E-state index in [-0.39, 0.29) is 18.4 Å². The fraction of sp³-hybridized carbons (Fsp3) is 0.238. The van der Waals surface area contributed by atoms with Crippen LogP contribution in [0, 0.1) is 0 Å². The van der Waals surface area contributed by atoms with Crippen molar-refractivity contribution in [2.45, 2.75) is 23.6 Å². The van der Waals surface area contributed by atoms with E-state index in [0.717, 1.165) is 11.3 Å². The van der Waals surface area contributed by atoms with E-state index < -0.39 is 5.25 Å². The summed E-state index contributed by atoms with van der Waals surface area (Å²) in [6, 6.07) is 14.5. The topological polar surface area (TPSA) is 106 Å². The molecule has 0 bridgehead atoms. The van der Waals surface area contributed by atoms with Crippen LogP contribution >= 0.6 is 11.8 Å². The highest BCUT2D eigenvalue weighted by atomic mass is 32.2. The molecule has 1 unspecified atom stereocenters. The van der Waals surface area contributed by atoms with Gasteiger partial charge in [0.15, 0.2) is 5.82 Å². The van der Waals surface area contributed by atoms with Gasteiger partial charge in [0.2, 0.25) is 0 Å². The second-order valence-corrected chi connectivity index (χ2v) is 7.68. The first-order chi connectivity index (χ1) is 14.5. The van der Waals surface area contributed by atoms with Crippen LogP contribution in [-0.2, 0) is 16.1 Å². The molecule has 0 fully saturated rings. The second kappa shape index (κ2) is 9.93. The molecule has 0 spiro atoms. The zero-order valence-electron chi connectivity index (χ0n) is 16.8. The number of nitrogens with zero attached hydrogens (tertiary/aromatic N) is 2. The Kier molecular flexibility index (Phi) is 7.08. The largest absolute Gasteiger partial charge is 0.497 e. The van der Waals surface area contributed by atoms with Crippen molar-refractivity contribution in [3.8, 4) is 17.1 Å². The van der Waals surface area contributed by atoms with Crippen LogP contribution in [0.2, 0.25) is 0 Å². The highest BCUT2D eigenvalue weighted by Gasteiger charge is 2.19. The predicted molar refractivity (Wildman–Crippen MR) is 113 cm³/mol. The number of hydrogen-bond donors (Lipinski definition) is 2. The lowest BCUT2D eigenvalue weighted by Crippen LogP contribution is -2.24. The van der Waals surface area contributed by atoms with Gasteiger partial charge in [-0.05, 0) is 43.3 Å². The Morgan fingerprint density at radius 1 is 1.13 bits per heavy atom. The lowest BCUT2D eigenvalue weighted by molar-refractivity contribution is -0.139. The normalized spacial score (nSPS) is 11.6. The fourth-order valence-electron chi connectivity index (χ4n) is 2.66. The Morgan fingerprint density at radius 2 is 1.87 bits per heavy atom. The van der Waals surface area contributed by atoms with Gasteiger partial charge in [-0.3, -0.25) is 14.7 Å². The second-order valence-electron chi connectivity index (χ2n) is 6.30. The summed E-state index contributed by atoms with van der Waals surface area (Å²) in [4.78, 5) is 29.5. The van der Waals surface area contributed by atoms with Crippen molar-refractivity contribution in [3.63, 3.8) is 0 Å². The third-order valence-electron chi connectivity index (χ3n) is 4.26. The molecule has 1 amide bonds. The number of thioether (sulfide) groups is 1. The van der Waals surface area contributed by atoms with Crippen molar-refractivity contribution < 1.29 is 19.1 Å². The fourth-order valence-corrected chi connectivity index (χ4v) is 3.68. The Bertz CT molecular complexity index is 1020. The summed E-state index contributed by atoms with van der Waals surface area (Å²) >= 11 is 1.28. The smallest absolute Gasteiger partial charge is 0.318 e. The molecule has 2 aromatic carbocycles. The first kappa shape index (κ1) is 21.4. The molecular formula is C21H22N4O4S. The molecule has 0 aliphatic rings. The highest BCUT2D eigenvalue weighted by Crippen LogP contribution is 2.27. The van der Waals surface area contributed by atoms with Crippen LogP contribution in [0.25, 0.3) is 11.4 Å². The third kappa shape index (κ3) is 5.18. The number of hydrogen-bond acceptors (Lipinski definition) is 7. The molecule has 0 aliphatic carbocycles. The number of aromatic nitrogens is 3. The molecule has 1 aromatic heterocycles. The number of ether oxygens (including phenoxy) is 2. The average molecular weight is 426 g/mol. The molecule has 156 valence electrons. The van der Waals surface area contributed by atoms with Crippen LogP contribution < -0.4 is 10.1 Å². The molecule has 8 nitrogen and oxygen atoms in total. The van der Waals surface area contributed by atoms with Crippen LogP contribution in [0.5, 0.6) is 5.75 Å². The standard InChI is InChI=1S/C21H22N4O4S/c1-13(21(27)29-3)30-17-7-5-4-6-16(17)20(26)22-12-18-23-19(25-24-18)14-8-10-15(28-2)11-9-14/h4-11,13H,12H2,1-3H3,(H,22,26)(H,23,24,25). The summed E-state index contributed by atoms with van der Waals surface area (Å²) in [6.45, 7) is 1.92. The zero-order chi connectivity index (χ0) is 21.5. The maximum atomic E-state index is 12.7. The molecule has 1 atom stereocenters. The van der Waals surface area contributed by atoms with E-state index in [4.69, 9.17) is 9.47 Å². The van der Waals surface area contributed by atoms with Gasteiger partial charge in [0.05, 0.1) is 26.3 Å². The maximum Gasteiger partial charge on any atom is 0.318 e. The molecule has 1 heterocycles. The van der Waals surface area contributed by atoms with E-state index in [2.05, 4.69) is 20.5 Å². The number of esters is 1. The van der Waals surface area contributed by atoms with Crippen LogP contribution in [0.4, 0.5) is 0 Å². The number of rotatable bonds is 8. The predicted octanol–water partition coefficient (Wildman–Crippen LogP) is 3.06. The summed E-state index contributed by atoms with van der Waals surface area (Å²) in [6.07, 6.45) is 0. The lowest BCUT2D eigenvalue weighted by Gasteiger charge is -2.12. The summed E-state index contributed by atoms with van der Waals surface area (Å²) in [5, 5.41) is 9.44. The van der Waals surface area contributed by atoms with Gasteiger partial charge in [-0.2, -0.15) is 5.10 Å². The lowest BCUT2D eigenvalue weighted by atomic mass is 10.2. The zero-order valence-corrected chi connectivity index (χ0v) is 17.7. The summed E-state index contributed by atoms with van der Waals surface area (Å²) < 4.78 is 9.90.